The summed E-state index contributed by atoms with van der Waals surface area (Å²) in [4.78, 5) is 2.43. The van der Waals surface area contributed by atoms with E-state index in [4.69, 9.17) is 0 Å². The van der Waals surface area contributed by atoms with Gasteiger partial charge in [0, 0.05) is 12.8 Å². The van der Waals surface area contributed by atoms with Crippen LogP contribution < -0.4 is 0 Å². The highest BCUT2D eigenvalue weighted by Crippen LogP contribution is 2.13. The van der Waals surface area contributed by atoms with E-state index in [1.54, 1.807) is 16.4 Å². The molecule has 0 bridgehead atoms. The van der Waals surface area contributed by atoms with Crippen molar-refractivity contribution in [3.05, 3.63) is 0 Å². The number of aromatic nitrogens is 4. The van der Waals surface area contributed by atoms with E-state index in [2.05, 4.69) is 34.3 Å². The molecule has 0 unspecified atom stereocenters. The topological polar surface area (TPSA) is 46.8 Å². The number of tetrazole rings is 1. The molecule has 0 fully saturated rings. The lowest BCUT2D eigenvalue weighted by Crippen LogP contribution is -2.24. The molecule has 0 N–H and O–H groups in total. The van der Waals surface area contributed by atoms with E-state index < -0.39 is 0 Å². The van der Waals surface area contributed by atoms with Crippen LogP contribution in [0.4, 0.5) is 0 Å². The first-order valence-corrected chi connectivity index (χ1v) is 6.34. The molecular weight excluding hydrogens is 210 g/mol. The maximum atomic E-state index is 3.92. The summed E-state index contributed by atoms with van der Waals surface area (Å²) in [5.41, 5.74) is 0. The fourth-order valence-corrected chi connectivity index (χ4v) is 2.11. The number of rotatable bonds is 7. The summed E-state index contributed by atoms with van der Waals surface area (Å²) >= 11 is 1.72. The van der Waals surface area contributed by atoms with Gasteiger partial charge in [-0.1, -0.05) is 25.6 Å². The number of hydrogen-bond donors (Lipinski definition) is 0. The Labute approximate surface area is 95.2 Å². The van der Waals surface area contributed by atoms with Crippen molar-refractivity contribution in [1.82, 2.24) is 25.1 Å². The molecule has 0 amide bonds. The average molecular weight is 229 g/mol. The Bertz CT molecular complexity index is 271. The fourth-order valence-electron chi connectivity index (χ4n) is 1.33. The normalized spacial score (nSPS) is 11.2. The fraction of sp³-hybridized carbons (Fsp3) is 0.889. The second-order valence-electron chi connectivity index (χ2n) is 3.31. The van der Waals surface area contributed by atoms with Gasteiger partial charge in [0.15, 0.2) is 0 Å². The second-order valence-corrected chi connectivity index (χ2v) is 4.38. The summed E-state index contributed by atoms with van der Waals surface area (Å²) in [7, 11) is 1.87. The molecule has 0 aromatic carbocycles. The van der Waals surface area contributed by atoms with Crippen LogP contribution in [0, 0.1) is 0 Å². The third kappa shape index (κ3) is 4.17. The van der Waals surface area contributed by atoms with Gasteiger partial charge in [0.25, 0.3) is 0 Å². The molecule has 6 heteroatoms. The summed E-state index contributed by atoms with van der Waals surface area (Å²) in [6, 6.07) is 0. The Balaban J connectivity index is 2.14. The summed E-state index contributed by atoms with van der Waals surface area (Å²) in [6.45, 7) is 7.82. The van der Waals surface area contributed by atoms with Gasteiger partial charge < -0.3 is 4.90 Å². The van der Waals surface area contributed by atoms with Crippen LogP contribution in [0.5, 0.6) is 0 Å². The summed E-state index contributed by atoms with van der Waals surface area (Å²) in [5, 5.41) is 12.2. The number of hydrogen-bond acceptors (Lipinski definition) is 5. The molecule has 0 aliphatic rings. The second kappa shape index (κ2) is 6.79. The van der Waals surface area contributed by atoms with Crippen LogP contribution in [-0.2, 0) is 7.05 Å². The van der Waals surface area contributed by atoms with Crippen LogP contribution >= 0.6 is 11.8 Å². The zero-order chi connectivity index (χ0) is 11.1. The zero-order valence-electron chi connectivity index (χ0n) is 9.68. The molecule has 0 spiro atoms. The minimum Gasteiger partial charge on any atom is -0.304 e. The van der Waals surface area contributed by atoms with Crippen molar-refractivity contribution in [1.29, 1.82) is 0 Å². The third-order valence-corrected chi connectivity index (χ3v) is 3.42. The SMILES string of the molecule is CCN(CC)CCCSc1nnnn1C. The van der Waals surface area contributed by atoms with Gasteiger partial charge in [-0.3, -0.25) is 0 Å². The third-order valence-electron chi connectivity index (χ3n) is 2.33. The predicted octanol–water partition coefficient (Wildman–Crippen LogP) is 1.03. The van der Waals surface area contributed by atoms with Crippen molar-refractivity contribution in [2.24, 2.45) is 7.05 Å². The summed E-state index contributed by atoms with van der Waals surface area (Å²) < 4.78 is 1.71. The molecule has 0 atom stereocenters. The van der Waals surface area contributed by atoms with Gasteiger partial charge in [-0.2, -0.15) is 0 Å². The van der Waals surface area contributed by atoms with E-state index in [9.17, 15) is 0 Å². The molecule has 86 valence electrons. The van der Waals surface area contributed by atoms with Gasteiger partial charge in [0.05, 0.1) is 0 Å². The molecule has 1 heterocycles. The van der Waals surface area contributed by atoms with E-state index >= 15 is 0 Å². The number of thioether (sulfide) groups is 1. The first-order chi connectivity index (χ1) is 7.27. The van der Waals surface area contributed by atoms with Gasteiger partial charge in [-0.15, -0.1) is 5.10 Å². The molecule has 0 saturated heterocycles. The molecule has 0 radical (unpaired) electrons. The van der Waals surface area contributed by atoms with Crippen molar-refractivity contribution in [3.8, 4) is 0 Å². The molecule has 1 rings (SSSR count). The van der Waals surface area contributed by atoms with Crippen LogP contribution in [0.3, 0.4) is 0 Å². The van der Waals surface area contributed by atoms with E-state index in [0.29, 0.717) is 0 Å². The van der Waals surface area contributed by atoms with Gasteiger partial charge >= 0.3 is 0 Å². The van der Waals surface area contributed by atoms with Crippen LogP contribution in [0.15, 0.2) is 5.16 Å². The largest absolute Gasteiger partial charge is 0.304 e. The molecule has 0 aliphatic carbocycles. The number of aryl methyl sites for hydroxylation is 1. The highest BCUT2D eigenvalue weighted by Gasteiger charge is 2.03. The summed E-state index contributed by atoms with van der Waals surface area (Å²) in [6.07, 6.45) is 1.18. The first-order valence-electron chi connectivity index (χ1n) is 5.35. The maximum Gasteiger partial charge on any atom is 0.209 e. The van der Waals surface area contributed by atoms with E-state index in [1.807, 2.05) is 7.05 Å². The Hall–Kier alpha value is -0.620. The van der Waals surface area contributed by atoms with Gasteiger partial charge in [-0.25, -0.2) is 4.68 Å². The molecule has 0 saturated carbocycles. The first kappa shape index (κ1) is 12.4. The van der Waals surface area contributed by atoms with Crippen molar-refractivity contribution in [3.63, 3.8) is 0 Å². The van der Waals surface area contributed by atoms with E-state index in [0.717, 1.165) is 30.5 Å². The van der Waals surface area contributed by atoms with Crippen molar-refractivity contribution >= 4 is 11.8 Å². The van der Waals surface area contributed by atoms with Crippen molar-refractivity contribution < 1.29 is 0 Å². The van der Waals surface area contributed by atoms with Gasteiger partial charge in [-0.05, 0) is 36.5 Å². The highest BCUT2D eigenvalue weighted by molar-refractivity contribution is 7.99. The predicted molar refractivity (Wildman–Crippen MR) is 61.9 cm³/mol. The molecular formula is C9H19N5S. The smallest absolute Gasteiger partial charge is 0.209 e. The lowest BCUT2D eigenvalue weighted by atomic mass is 10.4. The molecule has 15 heavy (non-hydrogen) atoms. The summed E-state index contributed by atoms with van der Waals surface area (Å²) in [5.74, 6) is 1.07. The van der Waals surface area contributed by atoms with E-state index in [-0.39, 0.29) is 0 Å². The molecule has 5 nitrogen and oxygen atoms in total. The Morgan fingerprint density at radius 3 is 2.60 bits per heavy atom. The molecule has 0 aliphatic heterocycles. The van der Waals surface area contributed by atoms with Crippen LogP contribution in [0.25, 0.3) is 0 Å². The van der Waals surface area contributed by atoms with Crippen LogP contribution in [-0.4, -0.2) is 50.5 Å². The monoisotopic (exact) mass is 229 g/mol. The van der Waals surface area contributed by atoms with Crippen LogP contribution in [0.1, 0.15) is 20.3 Å². The van der Waals surface area contributed by atoms with Crippen molar-refractivity contribution in [2.45, 2.75) is 25.4 Å². The Kier molecular flexibility index (Phi) is 5.63. The maximum absolute atomic E-state index is 3.92. The Morgan fingerprint density at radius 1 is 1.33 bits per heavy atom. The van der Waals surface area contributed by atoms with Gasteiger partial charge in [0.1, 0.15) is 0 Å². The van der Waals surface area contributed by atoms with Gasteiger partial charge in [0.2, 0.25) is 5.16 Å². The van der Waals surface area contributed by atoms with E-state index in [1.165, 1.54) is 6.42 Å². The quantitative estimate of drug-likeness (QED) is 0.516. The molecule has 1 aromatic rings. The number of nitrogens with zero attached hydrogens (tertiary/aromatic N) is 5. The standard InChI is InChI=1S/C9H19N5S/c1-4-14(5-2)7-6-8-15-9-10-11-12-13(9)3/h4-8H2,1-3H3. The zero-order valence-corrected chi connectivity index (χ0v) is 10.5. The Morgan fingerprint density at radius 2 is 2.07 bits per heavy atom. The molecule has 1 aromatic heterocycles. The minimum atomic E-state index is 0.898. The van der Waals surface area contributed by atoms with Crippen LogP contribution in [0.2, 0.25) is 0 Å². The average Bonchev–Trinajstić information content (AvgIpc) is 2.65. The highest BCUT2D eigenvalue weighted by atomic mass is 32.2. The minimum absolute atomic E-state index is 0.898. The lowest BCUT2D eigenvalue weighted by Gasteiger charge is -2.17. The van der Waals surface area contributed by atoms with Crippen molar-refractivity contribution in [2.75, 3.05) is 25.4 Å². The lowest BCUT2D eigenvalue weighted by molar-refractivity contribution is 0.305.